The first-order valence-electron chi connectivity index (χ1n) is 14.5. The van der Waals surface area contributed by atoms with Crippen molar-refractivity contribution in [1.82, 2.24) is 20.6 Å². The van der Waals surface area contributed by atoms with Crippen LogP contribution in [0.1, 0.15) is 76.4 Å². The summed E-state index contributed by atoms with van der Waals surface area (Å²) < 4.78 is 27.5. The number of hydrogen-bond acceptors (Lipinski definition) is 8. The lowest BCUT2D eigenvalue weighted by molar-refractivity contribution is -0.138. The first-order chi connectivity index (χ1) is 21.5. The van der Waals surface area contributed by atoms with Gasteiger partial charge in [-0.15, -0.1) is 0 Å². The van der Waals surface area contributed by atoms with E-state index >= 15 is 0 Å². The summed E-state index contributed by atoms with van der Waals surface area (Å²) in [4.78, 5) is 35.8. The van der Waals surface area contributed by atoms with Gasteiger partial charge in [-0.3, -0.25) is 14.4 Å². The van der Waals surface area contributed by atoms with Crippen molar-refractivity contribution in [3.63, 3.8) is 0 Å². The number of sulfonamides is 1. The number of hydroxylamine groups is 2. The van der Waals surface area contributed by atoms with E-state index in [0.717, 1.165) is 19.1 Å². The average molecular weight is 677 g/mol. The number of hydrogen-bond donors (Lipinski definition) is 5. The van der Waals surface area contributed by atoms with Crippen LogP contribution in [0.2, 0.25) is 10.0 Å². The van der Waals surface area contributed by atoms with Gasteiger partial charge in [-0.2, -0.15) is 5.48 Å². The fourth-order valence-electron chi connectivity index (χ4n) is 6.33. The van der Waals surface area contributed by atoms with E-state index in [4.69, 9.17) is 33.8 Å². The summed E-state index contributed by atoms with van der Waals surface area (Å²) >= 11 is 13.0. The van der Waals surface area contributed by atoms with Crippen molar-refractivity contribution in [2.75, 3.05) is 6.26 Å². The third-order valence-corrected chi connectivity index (χ3v) is 9.55. The van der Waals surface area contributed by atoms with Crippen LogP contribution < -0.4 is 21.4 Å². The number of amides is 2. The summed E-state index contributed by atoms with van der Waals surface area (Å²) in [5, 5.41) is 9.82. The molecule has 5 atom stereocenters. The molecule has 5 rings (SSSR count). The topological polar surface area (TPSA) is 163 Å². The molecular formula is C31H35Cl2N5O6S. The number of benzene rings is 3. The summed E-state index contributed by atoms with van der Waals surface area (Å²) in [7, 11) is -3.60. The van der Waals surface area contributed by atoms with Crippen LogP contribution in [-0.4, -0.2) is 48.7 Å². The molecule has 1 heterocycles. The largest absolute Gasteiger partial charge is 0.326 e. The quantitative estimate of drug-likeness (QED) is 0.157. The Balaban J connectivity index is 1.54. The molecule has 11 nitrogen and oxygen atoms in total. The van der Waals surface area contributed by atoms with E-state index in [1.807, 2.05) is 5.48 Å². The zero-order chi connectivity index (χ0) is 32.3. The maximum atomic E-state index is 14.4. The van der Waals surface area contributed by atoms with Gasteiger partial charge in [0, 0.05) is 27.7 Å². The van der Waals surface area contributed by atoms with Crippen molar-refractivity contribution in [2.24, 2.45) is 5.73 Å². The first-order valence-corrected chi connectivity index (χ1v) is 17.1. The van der Waals surface area contributed by atoms with E-state index in [1.54, 1.807) is 71.6 Å². The van der Waals surface area contributed by atoms with E-state index in [9.17, 15) is 23.2 Å². The van der Waals surface area contributed by atoms with E-state index in [2.05, 4.69) is 10.2 Å². The predicted molar refractivity (Wildman–Crippen MR) is 170 cm³/mol. The highest BCUT2D eigenvalue weighted by Crippen LogP contribution is 2.47. The summed E-state index contributed by atoms with van der Waals surface area (Å²) in [5.41, 5.74) is 13.0. The van der Waals surface area contributed by atoms with Crippen LogP contribution in [0.25, 0.3) is 0 Å². The Labute approximate surface area is 272 Å². The third kappa shape index (κ3) is 7.50. The lowest BCUT2D eigenvalue weighted by Crippen LogP contribution is -2.59. The summed E-state index contributed by atoms with van der Waals surface area (Å²) in [6.45, 7) is -0.00983. The van der Waals surface area contributed by atoms with Crippen molar-refractivity contribution in [3.8, 4) is 0 Å². The Morgan fingerprint density at radius 2 is 1.82 bits per heavy atom. The van der Waals surface area contributed by atoms with Gasteiger partial charge in [0.2, 0.25) is 10.0 Å². The van der Waals surface area contributed by atoms with Crippen LogP contribution in [0.4, 0.5) is 0 Å². The molecule has 2 aliphatic rings. The van der Waals surface area contributed by atoms with Crippen molar-refractivity contribution < 1.29 is 28.1 Å². The van der Waals surface area contributed by atoms with Crippen LogP contribution in [0.5, 0.6) is 0 Å². The lowest BCUT2D eigenvalue weighted by atomic mass is 9.76. The molecular weight excluding hydrogens is 641 g/mol. The van der Waals surface area contributed by atoms with Crippen LogP contribution in [-0.2, 0) is 26.3 Å². The van der Waals surface area contributed by atoms with Gasteiger partial charge >= 0.3 is 0 Å². The molecule has 3 aromatic rings. The number of carbonyl (C=O) groups excluding carboxylic acids is 2. The fourth-order valence-corrected chi connectivity index (χ4v) is 7.68. The second-order valence-corrected chi connectivity index (χ2v) is 14.0. The first kappa shape index (κ1) is 33.3. The minimum absolute atomic E-state index is 0.00983. The number of nitrogens with one attached hydrogen (secondary N) is 3. The normalized spacial score (nSPS) is 22.5. The molecule has 0 radical (unpaired) electrons. The van der Waals surface area contributed by atoms with E-state index in [0.29, 0.717) is 45.7 Å². The molecule has 0 spiro atoms. The van der Waals surface area contributed by atoms with Gasteiger partial charge in [-0.05, 0) is 53.3 Å². The second kappa shape index (κ2) is 14.1. The highest BCUT2D eigenvalue weighted by Gasteiger charge is 2.49. The van der Waals surface area contributed by atoms with Crippen molar-refractivity contribution in [3.05, 3.63) is 105 Å². The number of nitrogens with zero attached hydrogens (tertiary/aromatic N) is 1. The molecule has 3 aromatic carbocycles. The Kier molecular flexibility index (Phi) is 10.5. The molecule has 14 heteroatoms. The van der Waals surface area contributed by atoms with Gasteiger partial charge in [0.15, 0.2) is 0 Å². The molecule has 1 fully saturated rings. The van der Waals surface area contributed by atoms with Gasteiger partial charge < -0.3 is 15.8 Å². The fraction of sp³-hybridized carbons (Fsp3) is 0.355. The molecule has 2 amide bonds. The molecule has 1 unspecified atom stereocenters. The molecule has 1 aliphatic heterocycles. The third-order valence-electron chi connectivity index (χ3n) is 8.25. The molecule has 6 N–H and O–H groups in total. The lowest BCUT2D eigenvalue weighted by Gasteiger charge is -2.49. The molecule has 0 saturated heterocycles. The molecule has 0 aromatic heterocycles. The van der Waals surface area contributed by atoms with Crippen LogP contribution >= 0.6 is 23.2 Å². The van der Waals surface area contributed by atoms with Gasteiger partial charge in [0.1, 0.15) is 6.17 Å². The number of halogens is 2. The maximum Gasteiger partial charge on any atom is 0.255 e. The summed E-state index contributed by atoms with van der Waals surface area (Å²) in [6.07, 6.45) is 2.90. The minimum atomic E-state index is -3.60. The van der Waals surface area contributed by atoms with E-state index in [-0.39, 0.29) is 17.5 Å². The number of fused-ring (bicyclic) bond motifs is 1. The summed E-state index contributed by atoms with van der Waals surface area (Å²) in [6, 6.07) is 16.7. The number of nitrogens with two attached hydrogens (primary N) is 1. The van der Waals surface area contributed by atoms with Crippen LogP contribution in [0, 0.1) is 0 Å². The average Bonchev–Trinajstić information content (AvgIpc) is 3.00. The number of carbonyl (C=O) groups is 2. The second-order valence-electron chi connectivity index (χ2n) is 11.3. The Bertz CT molecular complexity index is 1680. The Hall–Kier alpha value is -3.07. The standard InChI is InChI=1S/C31H35Cl2N5O6S/c1-45(42,43)37-25-11-4-5-12-26(25)38-28(23-14-13-20(32)16-24(23)33)27(21-9-2-3-10-22(21)31(38)40)30(39)36-44-17-18-7-6-8-19(15-18)29(34)35-41/h2-3,6-10,13-16,25-29,35,37,41H,4-5,11-12,17,34H2,1H3,(H,36,39)/t25-,26-,27+,28-,29?/m0/s1. The van der Waals surface area contributed by atoms with E-state index in [1.165, 1.54) is 0 Å². The van der Waals surface area contributed by atoms with E-state index < -0.39 is 46.1 Å². The molecule has 45 heavy (non-hydrogen) atoms. The van der Waals surface area contributed by atoms with Crippen LogP contribution in [0.3, 0.4) is 0 Å². The molecule has 0 bridgehead atoms. The molecule has 1 aliphatic carbocycles. The van der Waals surface area contributed by atoms with Gasteiger partial charge in [-0.1, -0.05) is 84.6 Å². The smallest absolute Gasteiger partial charge is 0.255 e. The minimum Gasteiger partial charge on any atom is -0.326 e. The SMILES string of the molecule is CS(=O)(=O)N[C@H]1CCCC[C@@H]1N1C(=O)c2ccccc2[C@@H](C(=O)NOCc2cccc(C(N)NO)c2)[C@@H]1c1ccc(Cl)cc1Cl. The maximum absolute atomic E-state index is 14.4. The highest BCUT2D eigenvalue weighted by atomic mass is 35.5. The summed E-state index contributed by atoms with van der Waals surface area (Å²) in [5.74, 6) is -1.83. The molecule has 240 valence electrons. The number of rotatable bonds is 10. The van der Waals surface area contributed by atoms with Crippen molar-refractivity contribution >= 4 is 45.0 Å². The van der Waals surface area contributed by atoms with Crippen molar-refractivity contribution in [2.45, 2.75) is 62.5 Å². The van der Waals surface area contributed by atoms with Gasteiger partial charge in [0.05, 0.1) is 24.8 Å². The Morgan fingerprint density at radius 1 is 1.07 bits per heavy atom. The van der Waals surface area contributed by atoms with Crippen molar-refractivity contribution in [1.29, 1.82) is 0 Å². The highest BCUT2D eigenvalue weighted by molar-refractivity contribution is 7.88. The Morgan fingerprint density at radius 3 is 2.56 bits per heavy atom. The van der Waals surface area contributed by atoms with Gasteiger partial charge in [0.25, 0.3) is 11.8 Å². The molecule has 1 saturated carbocycles. The van der Waals surface area contributed by atoms with Crippen LogP contribution in [0.15, 0.2) is 66.7 Å². The predicted octanol–water partition coefficient (Wildman–Crippen LogP) is 4.32. The zero-order valence-electron chi connectivity index (χ0n) is 24.5. The zero-order valence-corrected chi connectivity index (χ0v) is 26.8. The van der Waals surface area contributed by atoms with Gasteiger partial charge in [-0.25, -0.2) is 18.6 Å². The monoisotopic (exact) mass is 675 g/mol.